The van der Waals surface area contributed by atoms with Gasteiger partial charge < -0.3 is 10.1 Å². The Morgan fingerprint density at radius 1 is 1.20 bits per heavy atom. The van der Waals surface area contributed by atoms with Crippen LogP contribution in [0.5, 0.6) is 0 Å². The maximum Gasteiger partial charge on any atom is 0.0587 e. The molecule has 114 valence electrons. The van der Waals surface area contributed by atoms with Gasteiger partial charge >= 0.3 is 0 Å². The average molecular weight is 277 g/mol. The maximum absolute atomic E-state index is 5.11. The SMILES string of the molecule is CCCC(C)C(CNCCOC)c1ccc(C)c(C)c1. The van der Waals surface area contributed by atoms with E-state index in [1.807, 2.05) is 0 Å². The lowest BCUT2D eigenvalue weighted by atomic mass is 9.83. The van der Waals surface area contributed by atoms with Crippen LogP contribution in [0.2, 0.25) is 0 Å². The summed E-state index contributed by atoms with van der Waals surface area (Å²) in [5.41, 5.74) is 4.25. The third kappa shape index (κ3) is 5.26. The highest BCUT2D eigenvalue weighted by Gasteiger charge is 2.18. The van der Waals surface area contributed by atoms with Crippen LogP contribution in [0, 0.1) is 19.8 Å². The minimum atomic E-state index is 0.589. The van der Waals surface area contributed by atoms with E-state index < -0.39 is 0 Å². The van der Waals surface area contributed by atoms with E-state index in [4.69, 9.17) is 4.74 Å². The summed E-state index contributed by atoms with van der Waals surface area (Å²) in [6.45, 7) is 11.8. The van der Waals surface area contributed by atoms with Crippen LogP contribution in [0.4, 0.5) is 0 Å². The van der Waals surface area contributed by atoms with Gasteiger partial charge in [0.05, 0.1) is 6.61 Å². The van der Waals surface area contributed by atoms with Crippen molar-refractivity contribution in [2.75, 3.05) is 26.8 Å². The maximum atomic E-state index is 5.11. The molecule has 0 saturated carbocycles. The van der Waals surface area contributed by atoms with Crippen molar-refractivity contribution in [3.8, 4) is 0 Å². The minimum absolute atomic E-state index is 0.589. The monoisotopic (exact) mass is 277 g/mol. The molecule has 0 fully saturated rings. The van der Waals surface area contributed by atoms with Crippen LogP contribution in [0.3, 0.4) is 0 Å². The largest absolute Gasteiger partial charge is 0.383 e. The zero-order valence-electron chi connectivity index (χ0n) is 13.8. The van der Waals surface area contributed by atoms with Gasteiger partial charge in [-0.25, -0.2) is 0 Å². The molecular weight excluding hydrogens is 246 g/mol. The lowest BCUT2D eigenvalue weighted by Crippen LogP contribution is -2.28. The summed E-state index contributed by atoms with van der Waals surface area (Å²) >= 11 is 0. The summed E-state index contributed by atoms with van der Waals surface area (Å²) in [7, 11) is 1.75. The van der Waals surface area contributed by atoms with Crippen molar-refractivity contribution >= 4 is 0 Å². The van der Waals surface area contributed by atoms with Crippen molar-refractivity contribution in [2.45, 2.75) is 46.5 Å². The fourth-order valence-electron chi connectivity index (χ4n) is 2.73. The van der Waals surface area contributed by atoms with E-state index >= 15 is 0 Å². The van der Waals surface area contributed by atoms with Gasteiger partial charge in [0.2, 0.25) is 0 Å². The average Bonchev–Trinajstić information content (AvgIpc) is 2.42. The fourth-order valence-corrected chi connectivity index (χ4v) is 2.73. The fraction of sp³-hybridized carbons (Fsp3) is 0.667. The molecule has 0 amide bonds. The highest BCUT2D eigenvalue weighted by Crippen LogP contribution is 2.28. The molecule has 1 aromatic rings. The number of benzene rings is 1. The van der Waals surface area contributed by atoms with Crippen molar-refractivity contribution < 1.29 is 4.74 Å². The lowest BCUT2D eigenvalue weighted by Gasteiger charge is -2.25. The molecule has 0 heterocycles. The Morgan fingerprint density at radius 3 is 2.55 bits per heavy atom. The zero-order valence-corrected chi connectivity index (χ0v) is 13.8. The third-order valence-electron chi connectivity index (χ3n) is 4.24. The van der Waals surface area contributed by atoms with Crippen LogP contribution in [-0.2, 0) is 4.74 Å². The van der Waals surface area contributed by atoms with Gasteiger partial charge in [-0.2, -0.15) is 0 Å². The van der Waals surface area contributed by atoms with Gasteiger partial charge in [-0.15, -0.1) is 0 Å². The van der Waals surface area contributed by atoms with Gasteiger partial charge in [-0.1, -0.05) is 44.9 Å². The molecule has 0 aliphatic carbocycles. The van der Waals surface area contributed by atoms with Gasteiger partial charge in [0.15, 0.2) is 0 Å². The first-order valence-electron chi connectivity index (χ1n) is 7.87. The van der Waals surface area contributed by atoms with Crippen LogP contribution in [0.25, 0.3) is 0 Å². The topological polar surface area (TPSA) is 21.3 Å². The molecule has 0 radical (unpaired) electrons. The summed E-state index contributed by atoms with van der Waals surface area (Å²) in [5, 5.41) is 3.53. The van der Waals surface area contributed by atoms with Gasteiger partial charge in [0.1, 0.15) is 0 Å². The molecule has 0 bridgehead atoms. The summed E-state index contributed by atoms with van der Waals surface area (Å²) in [6.07, 6.45) is 2.53. The van der Waals surface area contributed by atoms with E-state index in [0.717, 1.165) is 19.7 Å². The Labute approximate surface area is 124 Å². The Morgan fingerprint density at radius 2 is 1.95 bits per heavy atom. The summed E-state index contributed by atoms with van der Waals surface area (Å²) in [6, 6.07) is 6.92. The number of hydrogen-bond acceptors (Lipinski definition) is 2. The standard InChI is InChI=1S/C18H31NO/c1-6-7-15(3)18(13-19-10-11-20-5)17-9-8-14(2)16(4)12-17/h8-9,12,15,18-19H,6-7,10-11,13H2,1-5H3. The molecule has 2 heteroatoms. The Kier molecular flexibility index (Phi) is 7.86. The Balaban J connectivity index is 2.77. The molecular formula is C18H31NO. The molecule has 20 heavy (non-hydrogen) atoms. The molecule has 0 spiro atoms. The number of hydrogen-bond donors (Lipinski definition) is 1. The first kappa shape index (κ1) is 17.2. The molecule has 2 atom stereocenters. The van der Waals surface area contributed by atoms with E-state index in [2.05, 4.69) is 51.2 Å². The highest BCUT2D eigenvalue weighted by atomic mass is 16.5. The number of ether oxygens (including phenoxy) is 1. The van der Waals surface area contributed by atoms with E-state index in [1.165, 1.54) is 29.5 Å². The second-order valence-corrected chi connectivity index (χ2v) is 5.91. The first-order chi connectivity index (χ1) is 9.60. The van der Waals surface area contributed by atoms with E-state index in [9.17, 15) is 0 Å². The molecule has 0 aliphatic rings. The highest BCUT2D eigenvalue weighted by molar-refractivity contribution is 5.32. The van der Waals surface area contributed by atoms with E-state index in [1.54, 1.807) is 7.11 Å². The smallest absolute Gasteiger partial charge is 0.0587 e. The van der Waals surface area contributed by atoms with E-state index in [-0.39, 0.29) is 0 Å². The third-order valence-corrected chi connectivity index (χ3v) is 4.24. The second kappa shape index (κ2) is 9.15. The first-order valence-corrected chi connectivity index (χ1v) is 7.87. The predicted molar refractivity (Wildman–Crippen MR) is 87.5 cm³/mol. The molecule has 0 aliphatic heterocycles. The van der Waals surface area contributed by atoms with Crippen LogP contribution < -0.4 is 5.32 Å². The number of nitrogens with one attached hydrogen (secondary N) is 1. The van der Waals surface area contributed by atoms with Crippen molar-refractivity contribution in [3.05, 3.63) is 34.9 Å². The summed E-state index contributed by atoms with van der Waals surface area (Å²) < 4.78 is 5.11. The number of aryl methyl sites for hydroxylation is 2. The molecule has 0 aromatic heterocycles. The normalized spacial score (nSPS) is 14.2. The van der Waals surface area contributed by atoms with Gasteiger partial charge in [0.25, 0.3) is 0 Å². The van der Waals surface area contributed by atoms with Crippen molar-refractivity contribution in [1.82, 2.24) is 5.32 Å². The summed E-state index contributed by atoms with van der Waals surface area (Å²) in [5.74, 6) is 1.29. The summed E-state index contributed by atoms with van der Waals surface area (Å²) in [4.78, 5) is 0. The zero-order chi connectivity index (χ0) is 15.0. The van der Waals surface area contributed by atoms with Gasteiger partial charge in [0, 0.05) is 20.2 Å². The Hall–Kier alpha value is -0.860. The predicted octanol–water partition coefficient (Wildman–Crippen LogP) is 4.06. The molecule has 1 aromatic carbocycles. The molecule has 0 saturated heterocycles. The second-order valence-electron chi connectivity index (χ2n) is 5.91. The molecule has 1 rings (SSSR count). The minimum Gasteiger partial charge on any atom is -0.383 e. The Bertz CT molecular complexity index is 389. The number of rotatable bonds is 9. The van der Waals surface area contributed by atoms with Gasteiger partial charge in [-0.05, 0) is 42.4 Å². The lowest BCUT2D eigenvalue weighted by molar-refractivity contribution is 0.198. The number of methoxy groups -OCH3 is 1. The quantitative estimate of drug-likeness (QED) is 0.687. The van der Waals surface area contributed by atoms with Crippen molar-refractivity contribution in [2.24, 2.45) is 5.92 Å². The van der Waals surface area contributed by atoms with Crippen LogP contribution in [0.1, 0.15) is 49.3 Å². The van der Waals surface area contributed by atoms with Crippen molar-refractivity contribution in [1.29, 1.82) is 0 Å². The van der Waals surface area contributed by atoms with Crippen molar-refractivity contribution in [3.63, 3.8) is 0 Å². The van der Waals surface area contributed by atoms with E-state index in [0.29, 0.717) is 11.8 Å². The molecule has 1 N–H and O–H groups in total. The molecule has 2 unspecified atom stereocenters. The van der Waals surface area contributed by atoms with Crippen LogP contribution in [0.15, 0.2) is 18.2 Å². The van der Waals surface area contributed by atoms with Crippen LogP contribution in [-0.4, -0.2) is 26.8 Å². The van der Waals surface area contributed by atoms with Crippen LogP contribution >= 0.6 is 0 Å². The molecule has 2 nitrogen and oxygen atoms in total. The van der Waals surface area contributed by atoms with Gasteiger partial charge in [-0.3, -0.25) is 0 Å².